The van der Waals surface area contributed by atoms with Gasteiger partial charge in [0, 0.05) is 26.0 Å². The number of carbonyl (C=O) groups excluding carboxylic acids is 1. The van der Waals surface area contributed by atoms with Gasteiger partial charge in [-0.1, -0.05) is 18.3 Å². The van der Waals surface area contributed by atoms with Crippen molar-refractivity contribution in [2.75, 3.05) is 14.1 Å². The number of hydrogen-bond acceptors (Lipinski definition) is 5. The molecule has 0 aromatic carbocycles. The Bertz CT molecular complexity index is 337. The molecule has 0 aliphatic heterocycles. The van der Waals surface area contributed by atoms with E-state index in [1.54, 1.807) is 19.0 Å². The van der Waals surface area contributed by atoms with E-state index in [2.05, 4.69) is 28.8 Å². The summed E-state index contributed by atoms with van der Waals surface area (Å²) in [5, 5.41) is 9.09. The fraction of sp³-hybridized carbons (Fsp3) is 0.727. The zero-order valence-electron chi connectivity index (χ0n) is 10.8. The molecule has 1 N–H and O–H groups in total. The normalized spacial score (nSPS) is 12.8. The van der Waals surface area contributed by atoms with Crippen LogP contribution in [0, 0.1) is 5.92 Å². The largest absolute Gasteiger partial charge is 0.347 e. The Morgan fingerprint density at radius 1 is 1.53 bits per heavy atom. The van der Waals surface area contributed by atoms with Crippen LogP contribution in [0.3, 0.4) is 0 Å². The van der Waals surface area contributed by atoms with Crippen LogP contribution in [0.25, 0.3) is 0 Å². The van der Waals surface area contributed by atoms with E-state index in [0.717, 1.165) is 12.1 Å². The van der Waals surface area contributed by atoms with Crippen molar-refractivity contribution < 1.29 is 4.79 Å². The molecule has 6 heteroatoms. The van der Waals surface area contributed by atoms with Crippen molar-refractivity contribution in [1.82, 2.24) is 19.8 Å². The lowest BCUT2D eigenvalue weighted by Gasteiger charge is -2.22. The highest BCUT2D eigenvalue weighted by molar-refractivity contribution is 7.03. The number of aromatic nitrogens is 2. The van der Waals surface area contributed by atoms with Gasteiger partial charge in [-0.15, -0.1) is 5.10 Å². The predicted molar refractivity (Wildman–Crippen MR) is 68.7 cm³/mol. The van der Waals surface area contributed by atoms with Gasteiger partial charge in [0.25, 0.3) is 0 Å². The van der Waals surface area contributed by atoms with E-state index in [-0.39, 0.29) is 11.9 Å². The van der Waals surface area contributed by atoms with Crippen LogP contribution >= 0.6 is 11.5 Å². The van der Waals surface area contributed by atoms with Crippen molar-refractivity contribution in [2.45, 2.75) is 32.9 Å². The molecule has 1 rings (SSSR count). The molecule has 1 aromatic heterocycles. The van der Waals surface area contributed by atoms with Crippen LogP contribution in [0.4, 0.5) is 0 Å². The summed E-state index contributed by atoms with van der Waals surface area (Å²) in [4.78, 5) is 13.6. The summed E-state index contributed by atoms with van der Waals surface area (Å²) in [7, 11) is 3.56. The van der Waals surface area contributed by atoms with Gasteiger partial charge in [-0.2, -0.15) is 0 Å². The summed E-state index contributed by atoms with van der Waals surface area (Å²) < 4.78 is 3.80. The standard InChI is InChI=1S/C11H20N4OS/c1-8(2)5-10(11(16)15(3)4)12-6-9-7-17-14-13-9/h7-8,10,12H,5-6H2,1-4H3. The van der Waals surface area contributed by atoms with Crippen LogP contribution in [0.15, 0.2) is 5.38 Å². The molecule has 0 spiro atoms. The number of hydrogen-bond donors (Lipinski definition) is 1. The molecule has 1 atom stereocenters. The minimum absolute atomic E-state index is 0.113. The Morgan fingerprint density at radius 3 is 2.71 bits per heavy atom. The van der Waals surface area contributed by atoms with Gasteiger partial charge in [0.05, 0.1) is 11.7 Å². The smallest absolute Gasteiger partial charge is 0.239 e. The highest BCUT2D eigenvalue weighted by Crippen LogP contribution is 2.08. The fourth-order valence-corrected chi connectivity index (χ4v) is 1.99. The molecule has 0 bridgehead atoms. The van der Waals surface area contributed by atoms with Crippen molar-refractivity contribution in [3.63, 3.8) is 0 Å². The molecule has 17 heavy (non-hydrogen) atoms. The first-order valence-corrected chi connectivity index (χ1v) is 6.54. The van der Waals surface area contributed by atoms with Crippen molar-refractivity contribution in [2.24, 2.45) is 5.92 Å². The maximum atomic E-state index is 12.0. The van der Waals surface area contributed by atoms with Crippen molar-refractivity contribution in [1.29, 1.82) is 0 Å². The Morgan fingerprint density at radius 2 is 2.24 bits per heavy atom. The van der Waals surface area contributed by atoms with Crippen LogP contribution in [-0.4, -0.2) is 40.5 Å². The van der Waals surface area contributed by atoms with Crippen LogP contribution in [-0.2, 0) is 11.3 Å². The molecule has 0 aliphatic rings. The maximum absolute atomic E-state index is 12.0. The van der Waals surface area contributed by atoms with Crippen molar-refractivity contribution >= 4 is 17.4 Å². The van der Waals surface area contributed by atoms with Crippen LogP contribution in [0.2, 0.25) is 0 Å². The van der Waals surface area contributed by atoms with Gasteiger partial charge in [0.1, 0.15) is 0 Å². The molecular weight excluding hydrogens is 236 g/mol. The highest BCUT2D eigenvalue weighted by atomic mass is 32.1. The molecule has 1 unspecified atom stereocenters. The van der Waals surface area contributed by atoms with Gasteiger partial charge in [-0.25, -0.2) is 0 Å². The fourth-order valence-electron chi connectivity index (χ4n) is 1.54. The van der Waals surface area contributed by atoms with Crippen LogP contribution in [0.1, 0.15) is 26.0 Å². The summed E-state index contributed by atoms with van der Waals surface area (Å²) in [5.41, 5.74) is 0.885. The molecule has 1 heterocycles. The van der Waals surface area contributed by atoms with E-state index in [1.807, 2.05) is 5.38 Å². The molecule has 1 aromatic rings. The van der Waals surface area contributed by atoms with Crippen molar-refractivity contribution in [3.05, 3.63) is 11.1 Å². The molecule has 1 amide bonds. The second-order valence-corrected chi connectivity index (χ2v) is 5.30. The molecule has 0 aliphatic carbocycles. The van der Waals surface area contributed by atoms with Gasteiger partial charge in [0.15, 0.2) is 0 Å². The lowest BCUT2D eigenvalue weighted by Crippen LogP contribution is -2.44. The lowest BCUT2D eigenvalue weighted by atomic mass is 10.0. The Kier molecular flexibility index (Phi) is 5.50. The monoisotopic (exact) mass is 256 g/mol. The molecule has 0 fully saturated rings. The van der Waals surface area contributed by atoms with E-state index in [4.69, 9.17) is 0 Å². The third-order valence-electron chi connectivity index (χ3n) is 2.38. The van der Waals surface area contributed by atoms with Crippen LogP contribution < -0.4 is 5.32 Å². The number of rotatable bonds is 6. The summed E-state index contributed by atoms with van der Waals surface area (Å²) in [6, 6.07) is -0.147. The Balaban J connectivity index is 2.54. The first-order valence-electron chi connectivity index (χ1n) is 5.71. The summed E-state index contributed by atoms with van der Waals surface area (Å²) in [5.74, 6) is 0.590. The third-order valence-corrected chi connectivity index (χ3v) is 2.93. The Hall–Kier alpha value is -1.01. The van der Waals surface area contributed by atoms with E-state index < -0.39 is 0 Å². The molecule has 0 saturated heterocycles. The molecule has 5 nitrogen and oxygen atoms in total. The SMILES string of the molecule is CC(C)CC(NCc1csnn1)C(=O)N(C)C. The third kappa shape index (κ3) is 4.79. The van der Waals surface area contributed by atoms with Gasteiger partial charge < -0.3 is 10.2 Å². The van der Waals surface area contributed by atoms with E-state index >= 15 is 0 Å². The van der Waals surface area contributed by atoms with Gasteiger partial charge in [0.2, 0.25) is 5.91 Å². The first-order chi connectivity index (χ1) is 8.00. The maximum Gasteiger partial charge on any atom is 0.239 e. The average molecular weight is 256 g/mol. The van der Waals surface area contributed by atoms with Crippen LogP contribution in [0.5, 0.6) is 0 Å². The van der Waals surface area contributed by atoms with Gasteiger partial charge in [-0.05, 0) is 23.9 Å². The van der Waals surface area contributed by atoms with Gasteiger partial charge in [-0.3, -0.25) is 4.79 Å². The molecular formula is C11H20N4OS. The first kappa shape index (κ1) is 14.1. The molecule has 0 saturated carbocycles. The summed E-state index contributed by atoms with van der Waals surface area (Å²) >= 11 is 1.32. The number of carbonyl (C=O) groups is 1. The lowest BCUT2D eigenvalue weighted by molar-refractivity contribution is -0.131. The summed E-state index contributed by atoms with van der Waals surface area (Å²) in [6.45, 7) is 4.82. The topological polar surface area (TPSA) is 58.1 Å². The van der Waals surface area contributed by atoms with Gasteiger partial charge >= 0.3 is 0 Å². The van der Waals surface area contributed by atoms with E-state index in [9.17, 15) is 4.79 Å². The number of amides is 1. The second kappa shape index (κ2) is 6.66. The second-order valence-electron chi connectivity index (χ2n) is 4.69. The minimum Gasteiger partial charge on any atom is -0.347 e. The Labute approximate surface area is 106 Å². The molecule has 96 valence electrons. The van der Waals surface area contributed by atoms with E-state index in [1.165, 1.54) is 11.5 Å². The number of nitrogens with one attached hydrogen (secondary N) is 1. The zero-order chi connectivity index (χ0) is 12.8. The number of nitrogens with zero attached hydrogens (tertiary/aromatic N) is 3. The zero-order valence-corrected chi connectivity index (χ0v) is 11.6. The predicted octanol–water partition coefficient (Wildman–Crippen LogP) is 1.13. The van der Waals surface area contributed by atoms with E-state index in [0.29, 0.717) is 12.5 Å². The average Bonchev–Trinajstić information content (AvgIpc) is 2.75. The quantitative estimate of drug-likeness (QED) is 0.829. The molecule has 0 radical (unpaired) electrons. The van der Waals surface area contributed by atoms with Crippen molar-refractivity contribution in [3.8, 4) is 0 Å². The minimum atomic E-state index is -0.147. The highest BCUT2D eigenvalue weighted by Gasteiger charge is 2.20. The number of likely N-dealkylation sites (N-methyl/N-ethyl adjacent to an activating group) is 1. The summed E-state index contributed by atoms with van der Waals surface area (Å²) in [6.07, 6.45) is 0.828.